The van der Waals surface area contributed by atoms with Crippen LogP contribution in [0.25, 0.3) is 10.9 Å². The van der Waals surface area contributed by atoms with Crippen LogP contribution in [0.1, 0.15) is 29.0 Å². The lowest BCUT2D eigenvalue weighted by Gasteiger charge is -2.38. The second-order valence-electron chi connectivity index (χ2n) is 6.94. The van der Waals surface area contributed by atoms with Gasteiger partial charge < -0.3 is 9.88 Å². The summed E-state index contributed by atoms with van der Waals surface area (Å²) in [7, 11) is 0. The zero-order valence-electron chi connectivity index (χ0n) is 15.1. The largest absolute Gasteiger partial charge is 0.351 e. The Morgan fingerprint density at radius 1 is 1.04 bits per heavy atom. The predicted octanol–water partition coefficient (Wildman–Crippen LogP) is 3.97. The van der Waals surface area contributed by atoms with E-state index in [1.807, 2.05) is 42.2 Å². The van der Waals surface area contributed by atoms with E-state index in [-0.39, 0.29) is 11.9 Å². The molecular formula is C21H21F2N3O. The SMILES string of the molecule is CC(c1ccc(F)cc1F)N1CCN(C(=O)c2cc3ccccc3[nH]2)CC1. The summed E-state index contributed by atoms with van der Waals surface area (Å²) in [4.78, 5) is 19.9. The lowest BCUT2D eigenvalue weighted by molar-refractivity contribution is 0.0574. The smallest absolute Gasteiger partial charge is 0.270 e. The first-order valence-electron chi connectivity index (χ1n) is 9.09. The molecular weight excluding hydrogens is 348 g/mol. The summed E-state index contributed by atoms with van der Waals surface area (Å²) in [5.41, 5.74) is 2.01. The molecule has 6 heteroatoms. The number of piperazine rings is 1. The molecule has 0 radical (unpaired) electrons. The molecule has 0 saturated carbocycles. The van der Waals surface area contributed by atoms with Gasteiger partial charge in [0, 0.05) is 54.8 Å². The van der Waals surface area contributed by atoms with E-state index >= 15 is 0 Å². The van der Waals surface area contributed by atoms with Gasteiger partial charge in [-0.15, -0.1) is 0 Å². The maximum atomic E-state index is 14.0. The Kier molecular flexibility index (Phi) is 4.66. The molecule has 140 valence electrons. The zero-order valence-corrected chi connectivity index (χ0v) is 15.1. The van der Waals surface area contributed by atoms with E-state index in [2.05, 4.69) is 9.88 Å². The van der Waals surface area contributed by atoms with Crippen LogP contribution in [0.4, 0.5) is 8.78 Å². The van der Waals surface area contributed by atoms with Crippen LogP contribution in [0.3, 0.4) is 0 Å². The Hall–Kier alpha value is -2.73. The number of fused-ring (bicyclic) bond motifs is 1. The average molecular weight is 369 g/mol. The second-order valence-corrected chi connectivity index (χ2v) is 6.94. The number of nitrogens with one attached hydrogen (secondary N) is 1. The first-order valence-corrected chi connectivity index (χ1v) is 9.09. The van der Waals surface area contributed by atoms with Gasteiger partial charge in [0.15, 0.2) is 0 Å². The first kappa shape index (κ1) is 17.7. The Balaban J connectivity index is 1.43. The molecule has 3 aromatic rings. The monoisotopic (exact) mass is 369 g/mol. The van der Waals surface area contributed by atoms with Crippen molar-refractivity contribution in [2.75, 3.05) is 26.2 Å². The number of hydrogen-bond acceptors (Lipinski definition) is 2. The van der Waals surface area contributed by atoms with Gasteiger partial charge in [0.05, 0.1) is 0 Å². The molecule has 2 aromatic carbocycles. The third kappa shape index (κ3) is 3.45. The number of para-hydroxylation sites is 1. The number of aromatic amines is 1. The number of aromatic nitrogens is 1. The third-order valence-corrected chi connectivity index (χ3v) is 5.32. The van der Waals surface area contributed by atoms with Gasteiger partial charge in [0.1, 0.15) is 17.3 Å². The van der Waals surface area contributed by atoms with E-state index in [1.165, 1.54) is 12.1 Å². The quantitative estimate of drug-likeness (QED) is 0.759. The summed E-state index contributed by atoms with van der Waals surface area (Å²) in [5.74, 6) is -1.12. The van der Waals surface area contributed by atoms with Crippen LogP contribution < -0.4 is 0 Å². The number of nitrogens with zero attached hydrogens (tertiary/aromatic N) is 2. The molecule has 1 saturated heterocycles. The molecule has 0 bridgehead atoms. The molecule has 1 aliphatic heterocycles. The summed E-state index contributed by atoms with van der Waals surface area (Å²) in [5, 5.41) is 1.01. The minimum Gasteiger partial charge on any atom is -0.351 e. The number of halogens is 2. The van der Waals surface area contributed by atoms with E-state index in [0.29, 0.717) is 37.4 Å². The van der Waals surface area contributed by atoms with E-state index in [9.17, 15) is 13.6 Å². The molecule has 4 nitrogen and oxygen atoms in total. The average Bonchev–Trinajstić information content (AvgIpc) is 3.11. The van der Waals surface area contributed by atoms with Crippen LogP contribution in [0.2, 0.25) is 0 Å². The molecule has 1 unspecified atom stereocenters. The lowest BCUT2D eigenvalue weighted by atomic mass is 10.1. The van der Waals surface area contributed by atoms with Crippen LogP contribution in [-0.2, 0) is 0 Å². The molecule has 1 aromatic heterocycles. The summed E-state index contributed by atoms with van der Waals surface area (Å²) in [6, 6.07) is 13.2. The maximum absolute atomic E-state index is 14.0. The van der Waals surface area contributed by atoms with Gasteiger partial charge in [-0.3, -0.25) is 9.69 Å². The molecule has 4 rings (SSSR count). The van der Waals surface area contributed by atoms with Crippen LogP contribution >= 0.6 is 0 Å². The van der Waals surface area contributed by atoms with Gasteiger partial charge in [-0.2, -0.15) is 0 Å². The molecule has 1 atom stereocenters. The molecule has 27 heavy (non-hydrogen) atoms. The fourth-order valence-corrected chi connectivity index (χ4v) is 3.71. The first-order chi connectivity index (χ1) is 13.0. The minimum atomic E-state index is -0.572. The Morgan fingerprint density at radius 2 is 1.78 bits per heavy atom. The van der Waals surface area contributed by atoms with Crippen LogP contribution in [0, 0.1) is 11.6 Å². The maximum Gasteiger partial charge on any atom is 0.270 e. The highest BCUT2D eigenvalue weighted by Crippen LogP contribution is 2.25. The molecule has 2 heterocycles. The molecule has 0 aliphatic carbocycles. The van der Waals surface area contributed by atoms with E-state index in [1.54, 1.807) is 0 Å². The second kappa shape index (κ2) is 7.12. The fourth-order valence-electron chi connectivity index (χ4n) is 3.71. The van der Waals surface area contributed by atoms with E-state index < -0.39 is 11.6 Å². The number of hydrogen-bond donors (Lipinski definition) is 1. The van der Waals surface area contributed by atoms with Crippen molar-refractivity contribution >= 4 is 16.8 Å². The number of amides is 1. The number of rotatable bonds is 3. The molecule has 0 spiro atoms. The number of carbonyl (C=O) groups excluding carboxylic acids is 1. The lowest BCUT2D eigenvalue weighted by Crippen LogP contribution is -2.49. The highest BCUT2D eigenvalue weighted by Gasteiger charge is 2.27. The topological polar surface area (TPSA) is 39.3 Å². The number of carbonyl (C=O) groups is 1. The number of benzene rings is 2. The van der Waals surface area contributed by atoms with Crippen molar-refractivity contribution in [2.24, 2.45) is 0 Å². The van der Waals surface area contributed by atoms with Crippen molar-refractivity contribution in [2.45, 2.75) is 13.0 Å². The summed E-state index contributed by atoms with van der Waals surface area (Å²) >= 11 is 0. The third-order valence-electron chi connectivity index (χ3n) is 5.32. The summed E-state index contributed by atoms with van der Waals surface area (Å²) < 4.78 is 27.2. The molecule has 1 aliphatic rings. The van der Waals surface area contributed by atoms with Crippen molar-refractivity contribution < 1.29 is 13.6 Å². The fraction of sp³-hybridized carbons (Fsp3) is 0.286. The zero-order chi connectivity index (χ0) is 19.0. The molecule has 1 N–H and O–H groups in total. The van der Waals surface area contributed by atoms with Gasteiger partial charge in [-0.25, -0.2) is 8.78 Å². The Labute approximate surface area is 156 Å². The minimum absolute atomic E-state index is 0.0218. The Morgan fingerprint density at radius 3 is 2.48 bits per heavy atom. The molecule has 1 amide bonds. The van der Waals surface area contributed by atoms with Crippen LogP contribution in [0.15, 0.2) is 48.5 Å². The highest BCUT2D eigenvalue weighted by molar-refractivity contribution is 5.98. The van der Waals surface area contributed by atoms with Crippen LogP contribution in [-0.4, -0.2) is 46.9 Å². The predicted molar refractivity (Wildman–Crippen MR) is 101 cm³/mol. The number of H-pyrrole nitrogens is 1. The van der Waals surface area contributed by atoms with E-state index in [0.717, 1.165) is 17.0 Å². The van der Waals surface area contributed by atoms with Crippen LogP contribution in [0.5, 0.6) is 0 Å². The Bertz CT molecular complexity index is 943. The summed E-state index contributed by atoms with van der Waals surface area (Å²) in [6.45, 7) is 4.34. The van der Waals surface area contributed by atoms with Crippen molar-refractivity contribution in [3.05, 3.63) is 71.4 Å². The molecule has 1 fully saturated rings. The van der Waals surface area contributed by atoms with Crippen molar-refractivity contribution in [1.82, 2.24) is 14.8 Å². The van der Waals surface area contributed by atoms with E-state index in [4.69, 9.17) is 0 Å². The summed E-state index contributed by atoms with van der Waals surface area (Å²) in [6.07, 6.45) is 0. The van der Waals surface area contributed by atoms with Gasteiger partial charge in [0.2, 0.25) is 0 Å². The van der Waals surface area contributed by atoms with Crippen molar-refractivity contribution in [3.8, 4) is 0 Å². The van der Waals surface area contributed by atoms with Gasteiger partial charge in [-0.1, -0.05) is 24.3 Å². The van der Waals surface area contributed by atoms with Gasteiger partial charge in [-0.05, 0) is 25.1 Å². The standard InChI is InChI=1S/C21H21F2N3O/c1-14(17-7-6-16(22)13-18(17)23)25-8-10-26(11-9-25)21(27)20-12-15-4-2-3-5-19(15)24-20/h2-7,12-14,24H,8-11H2,1H3. The normalized spacial score (nSPS) is 16.6. The highest BCUT2D eigenvalue weighted by atomic mass is 19.1. The van der Waals surface area contributed by atoms with Gasteiger partial charge in [0.25, 0.3) is 5.91 Å². The van der Waals surface area contributed by atoms with Crippen molar-refractivity contribution in [3.63, 3.8) is 0 Å². The van der Waals surface area contributed by atoms with Gasteiger partial charge >= 0.3 is 0 Å². The van der Waals surface area contributed by atoms with Crippen molar-refractivity contribution in [1.29, 1.82) is 0 Å².